The van der Waals surface area contributed by atoms with Gasteiger partial charge in [0, 0.05) is 33.1 Å². The van der Waals surface area contributed by atoms with Gasteiger partial charge in [-0.15, -0.1) is 21.5 Å². The molecule has 8 heteroatoms. The third-order valence-electron chi connectivity index (χ3n) is 3.90. The van der Waals surface area contributed by atoms with Crippen molar-refractivity contribution in [1.82, 2.24) is 20.1 Å². The highest BCUT2D eigenvalue weighted by Crippen LogP contribution is 2.23. The van der Waals surface area contributed by atoms with E-state index in [4.69, 9.17) is 4.74 Å². The quantitative estimate of drug-likeness (QED) is 0.841. The smallest absolute Gasteiger partial charge is 0.265 e. The Bertz CT molecular complexity index is 729. The molecule has 0 aromatic carbocycles. The van der Waals surface area contributed by atoms with Crippen molar-refractivity contribution in [2.45, 2.75) is 26.4 Å². The lowest BCUT2D eigenvalue weighted by atomic mass is 10.3. The molecule has 0 unspecified atom stereocenters. The van der Waals surface area contributed by atoms with Crippen molar-refractivity contribution in [3.8, 4) is 5.88 Å². The first-order valence-corrected chi connectivity index (χ1v) is 8.66. The van der Waals surface area contributed by atoms with Crippen molar-refractivity contribution in [2.24, 2.45) is 0 Å². The second-order valence-corrected chi connectivity index (χ2v) is 7.25. The zero-order valence-corrected chi connectivity index (χ0v) is 15.1. The number of hydrogen-bond donors (Lipinski definition) is 0. The van der Waals surface area contributed by atoms with Gasteiger partial charge in [0.2, 0.25) is 5.88 Å². The molecule has 2 aromatic rings. The number of carbonyl (C=O) groups is 1. The zero-order valence-electron chi connectivity index (χ0n) is 14.3. The van der Waals surface area contributed by atoms with Crippen molar-refractivity contribution in [3.63, 3.8) is 0 Å². The van der Waals surface area contributed by atoms with Crippen molar-refractivity contribution in [1.29, 1.82) is 0 Å². The molecule has 3 heterocycles. The van der Waals surface area contributed by atoms with Gasteiger partial charge in [-0.1, -0.05) is 0 Å². The number of hydrogen-bond acceptors (Lipinski definition) is 7. The highest BCUT2D eigenvalue weighted by molar-refractivity contribution is 7.13. The van der Waals surface area contributed by atoms with E-state index in [1.165, 1.54) is 11.3 Å². The molecule has 1 fully saturated rings. The van der Waals surface area contributed by atoms with Crippen LogP contribution in [0.2, 0.25) is 0 Å². The molecule has 1 amide bonds. The molecule has 0 spiro atoms. The molecule has 3 rings (SSSR count). The number of thiazole rings is 1. The lowest BCUT2D eigenvalue weighted by Gasteiger charge is -2.16. The summed E-state index contributed by atoms with van der Waals surface area (Å²) in [5.41, 5.74) is 0.803. The number of carbonyl (C=O) groups excluding carboxylic acids is 1. The minimum atomic E-state index is -0.0530. The number of amides is 1. The van der Waals surface area contributed by atoms with Gasteiger partial charge in [-0.3, -0.25) is 4.79 Å². The molecule has 1 saturated heterocycles. The Morgan fingerprint density at radius 3 is 2.71 bits per heavy atom. The van der Waals surface area contributed by atoms with Gasteiger partial charge in [-0.05, 0) is 19.9 Å². The van der Waals surface area contributed by atoms with Crippen molar-refractivity contribution in [2.75, 3.05) is 32.1 Å². The van der Waals surface area contributed by atoms with Crippen LogP contribution in [0.4, 0.5) is 5.82 Å². The maximum absolute atomic E-state index is 12.6. The lowest BCUT2D eigenvalue weighted by Crippen LogP contribution is -2.31. The molecule has 1 aliphatic heterocycles. The van der Waals surface area contributed by atoms with Crippen molar-refractivity contribution < 1.29 is 9.53 Å². The summed E-state index contributed by atoms with van der Waals surface area (Å²) in [6, 6.07) is 3.67. The standard InChI is InChI=1S/C16H21N5O2S/c1-10-15(24-11(2)17-10)16(22)21-8-7-12(9-21)23-14-6-5-13(18-19-14)20(3)4/h5-6,12H,7-9H2,1-4H3/t12-/m1/s1. The Morgan fingerprint density at radius 2 is 2.12 bits per heavy atom. The molecule has 1 aliphatic rings. The second kappa shape index (κ2) is 6.72. The predicted octanol–water partition coefficient (Wildman–Crippen LogP) is 1.91. The van der Waals surface area contributed by atoms with E-state index in [9.17, 15) is 4.79 Å². The maximum Gasteiger partial charge on any atom is 0.265 e. The van der Waals surface area contributed by atoms with E-state index in [1.54, 1.807) is 0 Å². The first-order chi connectivity index (χ1) is 11.4. The van der Waals surface area contributed by atoms with Crippen LogP contribution in [0, 0.1) is 13.8 Å². The first-order valence-electron chi connectivity index (χ1n) is 7.85. The number of aryl methyl sites for hydroxylation is 2. The van der Waals surface area contributed by atoms with Crippen LogP contribution in [0.1, 0.15) is 26.8 Å². The summed E-state index contributed by atoms with van der Waals surface area (Å²) in [7, 11) is 3.82. The fourth-order valence-electron chi connectivity index (χ4n) is 2.67. The fraction of sp³-hybridized carbons (Fsp3) is 0.500. The molecule has 2 aromatic heterocycles. The van der Waals surface area contributed by atoms with Crippen LogP contribution in [0.15, 0.2) is 12.1 Å². The summed E-state index contributed by atoms with van der Waals surface area (Å²) in [4.78, 5) is 21.4. The van der Waals surface area contributed by atoms with Crippen LogP contribution in [0.5, 0.6) is 5.88 Å². The van der Waals surface area contributed by atoms with Gasteiger partial charge in [0.15, 0.2) is 5.82 Å². The van der Waals surface area contributed by atoms with Gasteiger partial charge in [-0.25, -0.2) is 4.98 Å². The summed E-state index contributed by atoms with van der Waals surface area (Å²) in [5, 5.41) is 9.10. The summed E-state index contributed by atoms with van der Waals surface area (Å²) < 4.78 is 5.86. The van der Waals surface area contributed by atoms with E-state index in [0.29, 0.717) is 19.0 Å². The summed E-state index contributed by atoms with van der Waals surface area (Å²) >= 11 is 1.45. The van der Waals surface area contributed by atoms with Crippen molar-refractivity contribution in [3.05, 3.63) is 27.7 Å². The molecule has 128 valence electrons. The normalized spacial score (nSPS) is 17.2. The predicted molar refractivity (Wildman–Crippen MR) is 92.9 cm³/mol. The average molecular weight is 347 g/mol. The van der Waals surface area contributed by atoms with Crippen LogP contribution in [0.25, 0.3) is 0 Å². The molecule has 0 saturated carbocycles. The van der Waals surface area contributed by atoms with E-state index < -0.39 is 0 Å². The van der Waals surface area contributed by atoms with Gasteiger partial charge in [0.25, 0.3) is 5.91 Å². The fourth-order valence-corrected chi connectivity index (χ4v) is 3.56. The molecule has 0 N–H and O–H groups in total. The largest absolute Gasteiger partial charge is 0.471 e. The molecule has 0 radical (unpaired) electrons. The lowest BCUT2D eigenvalue weighted by molar-refractivity contribution is 0.0774. The Labute approximate surface area is 145 Å². The van der Waals surface area contributed by atoms with Crippen LogP contribution in [-0.4, -0.2) is 59.3 Å². The monoisotopic (exact) mass is 347 g/mol. The van der Waals surface area contributed by atoms with Crippen LogP contribution < -0.4 is 9.64 Å². The summed E-state index contributed by atoms with van der Waals surface area (Å²) in [5.74, 6) is 1.31. The third-order valence-corrected chi connectivity index (χ3v) is 4.96. The van der Waals surface area contributed by atoms with Crippen molar-refractivity contribution >= 4 is 23.1 Å². The van der Waals surface area contributed by atoms with Gasteiger partial charge < -0.3 is 14.5 Å². The van der Waals surface area contributed by atoms with E-state index in [0.717, 1.165) is 27.8 Å². The number of rotatable bonds is 4. The molecule has 0 aliphatic carbocycles. The molecular formula is C16H21N5O2S. The number of anilines is 1. The Hall–Kier alpha value is -2.22. The zero-order chi connectivity index (χ0) is 17.3. The molecule has 24 heavy (non-hydrogen) atoms. The van der Waals surface area contributed by atoms with E-state index in [2.05, 4.69) is 15.2 Å². The second-order valence-electron chi connectivity index (χ2n) is 6.05. The summed E-state index contributed by atoms with van der Waals surface area (Å²) in [6.45, 7) is 5.04. The highest BCUT2D eigenvalue weighted by Gasteiger charge is 2.30. The molecular weight excluding hydrogens is 326 g/mol. The molecule has 0 bridgehead atoms. The number of likely N-dealkylation sites (tertiary alicyclic amines) is 1. The van der Waals surface area contributed by atoms with Gasteiger partial charge in [-0.2, -0.15) is 0 Å². The Morgan fingerprint density at radius 1 is 1.33 bits per heavy atom. The minimum Gasteiger partial charge on any atom is -0.471 e. The molecule has 1 atom stereocenters. The van der Waals surface area contributed by atoms with E-state index in [1.807, 2.05) is 49.9 Å². The summed E-state index contributed by atoms with van der Waals surface area (Å²) in [6.07, 6.45) is 0.738. The minimum absolute atomic E-state index is 0.0400. The van der Waals surface area contributed by atoms with Gasteiger partial charge in [0.1, 0.15) is 11.0 Å². The average Bonchev–Trinajstić information content (AvgIpc) is 3.13. The van der Waals surface area contributed by atoms with Gasteiger partial charge in [0.05, 0.1) is 17.2 Å². The Kier molecular flexibility index (Phi) is 4.66. The van der Waals surface area contributed by atoms with Crippen LogP contribution in [-0.2, 0) is 0 Å². The van der Waals surface area contributed by atoms with E-state index in [-0.39, 0.29) is 12.0 Å². The number of ether oxygens (including phenoxy) is 1. The first kappa shape index (κ1) is 16.6. The highest BCUT2D eigenvalue weighted by atomic mass is 32.1. The van der Waals surface area contributed by atoms with Crippen LogP contribution in [0.3, 0.4) is 0 Å². The number of aromatic nitrogens is 3. The van der Waals surface area contributed by atoms with E-state index >= 15 is 0 Å². The van der Waals surface area contributed by atoms with Gasteiger partial charge >= 0.3 is 0 Å². The SMILES string of the molecule is Cc1nc(C)c(C(=O)N2CC[C@@H](Oc3ccc(N(C)C)nn3)C2)s1. The Balaban J connectivity index is 1.61. The maximum atomic E-state index is 12.6. The molecule has 7 nitrogen and oxygen atoms in total. The number of nitrogens with zero attached hydrogens (tertiary/aromatic N) is 5. The van der Waals surface area contributed by atoms with Crippen LogP contribution >= 0.6 is 11.3 Å². The third kappa shape index (κ3) is 3.48. The topological polar surface area (TPSA) is 71.5 Å².